The zero-order valence-electron chi connectivity index (χ0n) is 7.86. The average molecular weight is 194 g/mol. The number of nitrogens with one attached hydrogen (secondary N) is 1. The van der Waals surface area contributed by atoms with E-state index in [0.29, 0.717) is 6.54 Å². The van der Waals surface area contributed by atoms with Crippen molar-refractivity contribution in [1.29, 1.82) is 0 Å². The number of hydrogen-bond donors (Lipinski definition) is 3. The zero-order valence-corrected chi connectivity index (χ0v) is 7.86. The summed E-state index contributed by atoms with van der Waals surface area (Å²) in [5.74, 6) is 0. The topological polar surface area (TPSA) is 75.3 Å². The Balaban J connectivity index is 2.25. The van der Waals surface area contributed by atoms with Crippen LogP contribution in [0.15, 0.2) is 24.3 Å². The molecule has 0 saturated carbocycles. The third-order valence-corrected chi connectivity index (χ3v) is 1.90. The highest BCUT2D eigenvalue weighted by Crippen LogP contribution is 2.06. The van der Waals surface area contributed by atoms with Crippen LogP contribution in [0.5, 0.6) is 0 Å². The quantitative estimate of drug-likeness (QED) is 0.502. The minimum absolute atomic E-state index is 0.486. The summed E-state index contributed by atoms with van der Waals surface area (Å²) in [6.07, 6.45) is 0.693. The Labute approximate surface area is 82.7 Å². The molecule has 76 valence electrons. The number of benzene rings is 1. The van der Waals surface area contributed by atoms with E-state index in [-0.39, 0.29) is 0 Å². The van der Waals surface area contributed by atoms with Gasteiger partial charge in [-0.1, -0.05) is 12.1 Å². The number of nitrogen functional groups attached to an aromatic ring is 1. The molecule has 1 aromatic carbocycles. The molecule has 0 aliphatic carbocycles. The number of hydrogen-bond acceptors (Lipinski definition) is 2. The summed E-state index contributed by atoms with van der Waals surface area (Å²) in [6.45, 7) is 0.486. The van der Waals surface area contributed by atoms with Gasteiger partial charge < -0.3 is 16.2 Å². The average Bonchev–Trinajstić information content (AvgIpc) is 2.15. The molecule has 0 aliphatic heterocycles. The minimum atomic E-state index is -0.970. The molecule has 1 amide bonds. The van der Waals surface area contributed by atoms with E-state index in [0.717, 1.165) is 18.5 Å². The van der Waals surface area contributed by atoms with Crippen LogP contribution in [-0.4, -0.2) is 17.7 Å². The predicted octanol–water partition coefficient (Wildman–Crippen LogP) is 1.47. The van der Waals surface area contributed by atoms with Gasteiger partial charge in [0.05, 0.1) is 0 Å². The van der Waals surface area contributed by atoms with Gasteiger partial charge in [0.25, 0.3) is 0 Å². The van der Waals surface area contributed by atoms with Crippen molar-refractivity contribution in [1.82, 2.24) is 5.32 Å². The summed E-state index contributed by atoms with van der Waals surface area (Å²) in [7, 11) is 0. The van der Waals surface area contributed by atoms with Gasteiger partial charge in [-0.25, -0.2) is 4.79 Å². The second-order valence-corrected chi connectivity index (χ2v) is 3.08. The van der Waals surface area contributed by atoms with Crippen LogP contribution in [0, 0.1) is 0 Å². The van der Waals surface area contributed by atoms with Crippen LogP contribution in [0.25, 0.3) is 0 Å². The number of nitrogens with two attached hydrogens (primary N) is 1. The van der Waals surface area contributed by atoms with Gasteiger partial charge in [0.15, 0.2) is 0 Å². The van der Waals surface area contributed by atoms with Gasteiger partial charge in [-0.2, -0.15) is 0 Å². The highest BCUT2D eigenvalue weighted by atomic mass is 16.4. The summed E-state index contributed by atoms with van der Waals surface area (Å²) in [6, 6.07) is 7.60. The maximum absolute atomic E-state index is 10.1. The van der Waals surface area contributed by atoms with E-state index in [4.69, 9.17) is 10.8 Å². The van der Waals surface area contributed by atoms with Crippen LogP contribution in [-0.2, 0) is 6.42 Å². The van der Waals surface area contributed by atoms with E-state index >= 15 is 0 Å². The minimum Gasteiger partial charge on any atom is -0.465 e. The summed E-state index contributed by atoms with van der Waals surface area (Å²) in [5.41, 5.74) is 7.45. The first-order chi connectivity index (χ1) is 6.68. The van der Waals surface area contributed by atoms with Crippen LogP contribution in [0.3, 0.4) is 0 Å². The fraction of sp³-hybridized carbons (Fsp3) is 0.300. The van der Waals surface area contributed by atoms with E-state index in [1.165, 1.54) is 5.56 Å². The van der Waals surface area contributed by atoms with E-state index < -0.39 is 6.09 Å². The molecule has 0 fully saturated rings. The molecule has 0 unspecified atom stereocenters. The van der Waals surface area contributed by atoms with Crippen molar-refractivity contribution in [2.24, 2.45) is 0 Å². The van der Waals surface area contributed by atoms with E-state index in [1.54, 1.807) is 0 Å². The van der Waals surface area contributed by atoms with Crippen molar-refractivity contribution in [3.63, 3.8) is 0 Å². The second kappa shape index (κ2) is 5.11. The summed E-state index contributed by atoms with van der Waals surface area (Å²) < 4.78 is 0. The van der Waals surface area contributed by atoms with Crippen molar-refractivity contribution < 1.29 is 9.90 Å². The molecule has 0 saturated heterocycles. The number of aryl methyl sites for hydroxylation is 1. The number of amides is 1. The smallest absolute Gasteiger partial charge is 0.404 e. The SMILES string of the molecule is Nc1ccc(CCCNC(=O)O)cc1. The number of carboxylic acid groups (broad SMARTS) is 1. The van der Waals surface area contributed by atoms with Gasteiger partial charge in [0.1, 0.15) is 0 Å². The molecule has 0 spiro atoms. The van der Waals surface area contributed by atoms with Crippen molar-refractivity contribution in [3.8, 4) is 0 Å². The lowest BCUT2D eigenvalue weighted by Crippen LogP contribution is -2.22. The fourth-order valence-electron chi connectivity index (χ4n) is 1.17. The molecule has 0 aromatic heterocycles. The largest absolute Gasteiger partial charge is 0.465 e. The summed E-state index contributed by atoms with van der Waals surface area (Å²) in [5, 5.41) is 10.6. The lowest BCUT2D eigenvalue weighted by atomic mass is 10.1. The maximum Gasteiger partial charge on any atom is 0.404 e. The van der Waals surface area contributed by atoms with Crippen LogP contribution in [0.1, 0.15) is 12.0 Å². The zero-order chi connectivity index (χ0) is 10.4. The number of rotatable bonds is 4. The number of carbonyl (C=O) groups is 1. The monoisotopic (exact) mass is 194 g/mol. The molecule has 0 heterocycles. The predicted molar refractivity (Wildman–Crippen MR) is 55.2 cm³/mol. The van der Waals surface area contributed by atoms with Crippen LogP contribution in [0.2, 0.25) is 0 Å². The fourth-order valence-corrected chi connectivity index (χ4v) is 1.17. The first kappa shape index (κ1) is 10.4. The van der Waals surface area contributed by atoms with Gasteiger partial charge in [0, 0.05) is 12.2 Å². The van der Waals surface area contributed by atoms with Crippen molar-refractivity contribution >= 4 is 11.8 Å². The lowest BCUT2D eigenvalue weighted by molar-refractivity contribution is 0.194. The molecule has 0 bridgehead atoms. The number of anilines is 1. The van der Waals surface area contributed by atoms with Crippen LogP contribution in [0.4, 0.5) is 10.5 Å². The molecule has 4 heteroatoms. The van der Waals surface area contributed by atoms with Crippen molar-refractivity contribution in [2.75, 3.05) is 12.3 Å². The van der Waals surface area contributed by atoms with Gasteiger partial charge in [-0.3, -0.25) is 0 Å². The van der Waals surface area contributed by atoms with E-state index in [1.807, 2.05) is 24.3 Å². The molecular weight excluding hydrogens is 180 g/mol. The molecule has 0 aliphatic rings. The third kappa shape index (κ3) is 3.80. The van der Waals surface area contributed by atoms with Gasteiger partial charge in [-0.05, 0) is 30.5 Å². The summed E-state index contributed by atoms with van der Waals surface area (Å²) in [4.78, 5) is 10.1. The van der Waals surface area contributed by atoms with E-state index in [2.05, 4.69) is 5.32 Å². The normalized spacial score (nSPS) is 9.71. The van der Waals surface area contributed by atoms with Crippen molar-refractivity contribution in [2.45, 2.75) is 12.8 Å². The molecule has 0 atom stereocenters. The molecule has 1 aromatic rings. The van der Waals surface area contributed by atoms with Crippen LogP contribution >= 0.6 is 0 Å². The Bertz CT molecular complexity index is 295. The third-order valence-electron chi connectivity index (χ3n) is 1.90. The van der Waals surface area contributed by atoms with E-state index in [9.17, 15) is 4.79 Å². The molecule has 4 nitrogen and oxygen atoms in total. The Hall–Kier alpha value is -1.71. The van der Waals surface area contributed by atoms with Crippen LogP contribution < -0.4 is 11.1 Å². The molecule has 14 heavy (non-hydrogen) atoms. The molecule has 1 rings (SSSR count). The molecular formula is C10H14N2O2. The standard InChI is InChI=1S/C10H14N2O2/c11-9-5-3-8(4-6-9)2-1-7-12-10(13)14/h3-6,12H,1-2,7,11H2,(H,13,14). The maximum atomic E-state index is 10.1. The van der Waals surface area contributed by atoms with Crippen molar-refractivity contribution in [3.05, 3.63) is 29.8 Å². The Morgan fingerprint density at radius 1 is 1.36 bits per heavy atom. The molecule has 4 N–H and O–H groups in total. The Kier molecular flexibility index (Phi) is 3.79. The Morgan fingerprint density at radius 3 is 2.57 bits per heavy atom. The molecule has 0 radical (unpaired) electrons. The van der Waals surface area contributed by atoms with Gasteiger partial charge in [0.2, 0.25) is 0 Å². The first-order valence-corrected chi connectivity index (χ1v) is 4.49. The highest BCUT2D eigenvalue weighted by molar-refractivity contribution is 5.64. The second-order valence-electron chi connectivity index (χ2n) is 3.08. The van der Waals surface area contributed by atoms with Gasteiger partial charge in [-0.15, -0.1) is 0 Å². The lowest BCUT2D eigenvalue weighted by Gasteiger charge is -2.02. The Morgan fingerprint density at radius 2 is 2.00 bits per heavy atom. The highest BCUT2D eigenvalue weighted by Gasteiger charge is 1.95. The first-order valence-electron chi connectivity index (χ1n) is 4.49. The van der Waals surface area contributed by atoms with Gasteiger partial charge >= 0.3 is 6.09 Å². The summed E-state index contributed by atoms with van der Waals surface area (Å²) >= 11 is 0.